The SMILES string of the molecule is CSCCCNC(=O)CC1CCCNC1. The second-order valence-electron chi connectivity index (χ2n) is 4.11. The molecule has 1 heterocycles. The molecule has 0 aliphatic carbocycles. The molecule has 0 bridgehead atoms. The van der Waals surface area contributed by atoms with E-state index in [0.29, 0.717) is 12.3 Å². The molecule has 1 unspecified atom stereocenters. The summed E-state index contributed by atoms with van der Waals surface area (Å²) in [6, 6.07) is 0. The number of rotatable bonds is 6. The number of amides is 1. The van der Waals surface area contributed by atoms with Gasteiger partial charge in [-0.3, -0.25) is 4.79 Å². The van der Waals surface area contributed by atoms with Gasteiger partial charge in [-0.2, -0.15) is 11.8 Å². The molecule has 0 radical (unpaired) electrons. The summed E-state index contributed by atoms with van der Waals surface area (Å²) in [5.41, 5.74) is 0. The lowest BCUT2D eigenvalue weighted by molar-refractivity contribution is -0.122. The molecule has 1 amide bonds. The highest BCUT2D eigenvalue weighted by Gasteiger charge is 2.15. The molecule has 1 aliphatic heterocycles. The fraction of sp³-hybridized carbons (Fsp3) is 0.909. The average molecular weight is 230 g/mol. The first-order valence-electron chi connectivity index (χ1n) is 5.79. The van der Waals surface area contributed by atoms with Gasteiger partial charge in [0.25, 0.3) is 0 Å². The zero-order chi connectivity index (χ0) is 10.9. The van der Waals surface area contributed by atoms with Crippen LogP contribution in [0.5, 0.6) is 0 Å². The summed E-state index contributed by atoms with van der Waals surface area (Å²) in [5, 5.41) is 6.32. The van der Waals surface area contributed by atoms with E-state index in [1.54, 1.807) is 0 Å². The molecule has 0 aromatic rings. The van der Waals surface area contributed by atoms with Gasteiger partial charge in [-0.1, -0.05) is 0 Å². The second-order valence-corrected chi connectivity index (χ2v) is 5.10. The highest BCUT2D eigenvalue weighted by atomic mass is 32.2. The Labute approximate surface area is 96.8 Å². The largest absolute Gasteiger partial charge is 0.356 e. The summed E-state index contributed by atoms with van der Waals surface area (Å²) in [6.45, 7) is 2.96. The van der Waals surface area contributed by atoms with E-state index in [9.17, 15) is 4.79 Å². The van der Waals surface area contributed by atoms with Crippen molar-refractivity contribution in [3.8, 4) is 0 Å². The van der Waals surface area contributed by atoms with Gasteiger partial charge in [-0.25, -0.2) is 0 Å². The molecular formula is C11H22N2OS. The van der Waals surface area contributed by atoms with Crippen LogP contribution in [0.25, 0.3) is 0 Å². The Kier molecular flexibility index (Phi) is 6.85. The average Bonchev–Trinajstić information content (AvgIpc) is 2.26. The molecule has 0 aromatic carbocycles. The van der Waals surface area contributed by atoms with Gasteiger partial charge in [0.1, 0.15) is 0 Å². The zero-order valence-corrected chi connectivity index (χ0v) is 10.4. The molecule has 1 atom stereocenters. The first-order valence-corrected chi connectivity index (χ1v) is 7.18. The smallest absolute Gasteiger partial charge is 0.220 e. The lowest BCUT2D eigenvalue weighted by Crippen LogP contribution is -2.34. The summed E-state index contributed by atoms with van der Waals surface area (Å²) in [6.07, 6.45) is 6.28. The van der Waals surface area contributed by atoms with Crippen LogP contribution in [0.3, 0.4) is 0 Å². The van der Waals surface area contributed by atoms with E-state index in [1.807, 2.05) is 11.8 Å². The van der Waals surface area contributed by atoms with Crippen molar-refractivity contribution < 1.29 is 4.79 Å². The monoisotopic (exact) mass is 230 g/mol. The number of hydrogen-bond acceptors (Lipinski definition) is 3. The summed E-state index contributed by atoms with van der Waals surface area (Å²) >= 11 is 1.83. The van der Waals surface area contributed by atoms with Gasteiger partial charge in [0, 0.05) is 13.0 Å². The molecule has 1 aliphatic rings. The highest BCUT2D eigenvalue weighted by Crippen LogP contribution is 2.13. The minimum Gasteiger partial charge on any atom is -0.356 e. The number of hydrogen-bond donors (Lipinski definition) is 2. The first kappa shape index (κ1) is 12.8. The fourth-order valence-electron chi connectivity index (χ4n) is 1.88. The van der Waals surface area contributed by atoms with Crippen molar-refractivity contribution in [3.05, 3.63) is 0 Å². The molecule has 0 aromatic heterocycles. The van der Waals surface area contributed by atoms with Crippen LogP contribution in [0.1, 0.15) is 25.7 Å². The van der Waals surface area contributed by atoms with Crippen molar-refractivity contribution >= 4 is 17.7 Å². The molecule has 0 saturated carbocycles. The molecule has 1 fully saturated rings. The van der Waals surface area contributed by atoms with Gasteiger partial charge in [-0.05, 0) is 50.3 Å². The van der Waals surface area contributed by atoms with Crippen LogP contribution in [0.15, 0.2) is 0 Å². The maximum absolute atomic E-state index is 11.5. The van der Waals surface area contributed by atoms with Crippen LogP contribution in [-0.2, 0) is 4.79 Å². The molecule has 0 spiro atoms. The highest BCUT2D eigenvalue weighted by molar-refractivity contribution is 7.98. The van der Waals surface area contributed by atoms with Crippen molar-refractivity contribution in [1.29, 1.82) is 0 Å². The summed E-state index contributed by atoms with van der Waals surface area (Å²) in [5.74, 6) is 1.91. The summed E-state index contributed by atoms with van der Waals surface area (Å²) in [7, 11) is 0. The number of carbonyl (C=O) groups is 1. The van der Waals surface area contributed by atoms with E-state index in [0.717, 1.165) is 31.8 Å². The molecule has 4 heteroatoms. The van der Waals surface area contributed by atoms with E-state index in [2.05, 4.69) is 16.9 Å². The fourth-order valence-corrected chi connectivity index (χ4v) is 2.31. The number of nitrogens with one attached hydrogen (secondary N) is 2. The molecule has 3 nitrogen and oxygen atoms in total. The first-order chi connectivity index (χ1) is 7.33. The van der Waals surface area contributed by atoms with Crippen LogP contribution >= 0.6 is 11.8 Å². The van der Waals surface area contributed by atoms with E-state index in [4.69, 9.17) is 0 Å². The van der Waals surface area contributed by atoms with Gasteiger partial charge in [-0.15, -0.1) is 0 Å². The van der Waals surface area contributed by atoms with E-state index in [1.165, 1.54) is 12.8 Å². The standard InChI is InChI=1S/C11H22N2OS/c1-15-7-3-6-13-11(14)8-10-4-2-5-12-9-10/h10,12H,2-9H2,1H3,(H,13,14). The third kappa shape index (κ3) is 6.05. The van der Waals surface area contributed by atoms with Gasteiger partial charge >= 0.3 is 0 Å². The third-order valence-corrected chi connectivity index (χ3v) is 3.42. The van der Waals surface area contributed by atoms with E-state index < -0.39 is 0 Å². The van der Waals surface area contributed by atoms with Crippen molar-refractivity contribution in [2.75, 3.05) is 31.6 Å². The van der Waals surface area contributed by atoms with Crippen LogP contribution in [0.4, 0.5) is 0 Å². The van der Waals surface area contributed by atoms with Gasteiger partial charge in [0.2, 0.25) is 5.91 Å². The third-order valence-electron chi connectivity index (χ3n) is 2.72. The molecule has 88 valence electrons. The molecule has 1 saturated heterocycles. The Hall–Kier alpha value is -0.220. The predicted molar refractivity (Wildman–Crippen MR) is 66.2 cm³/mol. The molecule has 2 N–H and O–H groups in total. The minimum atomic E-state index is 0.227. The van der Waals surface area contributed by atoms with Crippen LogP contribution in [0, 0.1) is 5.92 Å². The number of piperidine rings is 1. The lowest BCUT2D eigenvalue weighted by atomic mass is 9.96. The zero-order valence-electron chi connectivity index (χ0n) is 9.55. The minimum absolute atomic E-state index is 0.227. The Morgan fingerprint density at radius 2 is 2.47 bits per heavy atom. The Balaban J connectivity index is 2.01. The summed E-state index contributed by atoms with van der Waals surface area (Å²) < 4.78 is 0. The van der Waals surface area contributed by atoms with Gasteiger partial charge in [0.15, 0.2) is 0 Å². The molecular weight excluding hydrogens is 208 g/mol. The van der Waals surface area contributed by atoms with Gasteiger partial charge < -0.3 is 10.6 Å². The van der Waals surface area contributed by atoms with Crippen LogP contribution < -0.4 is 10.6 Å². The van der Waals surface area contributed by atoms with E-state index >= 15 is 0 Å². The maximum atomic E-state index is 11.5. The quantitative estimate of drug-likeness (QED) is 0.675. The maximum Gasteiger partial charge on any atom is 0.220 e. The summed E-state index contributed by atoms with van der Waals surface area (Å²) in [4.78, 5) is 11.5. The van der Waals surface area contributed by atoms with Crippen molar-refractivity contribution in [2.45, 2.75) is 25.7 Å². The Morgan fingerprint density at radius 3 is 3.13 bits per heavy atom. The van der Waals surface area contributed by atoms with Crippen molar-refractivity contribution in [1.82, 2.24) is 10.6 Å². The van der Waals surface area contributed by atoms with Crippen molar-refractivity contribution in [2.24, 2.45) is 5.92 Å². The van der Waals surface area contributed by atoms with E-state index in [-0.39, 0.29) is 5.91 Å². The van der Waals surface area contributed by atoms with Crippen molar-refractivity contribution in [3.63, 3.8) is 0 Å². The normalized spacial score (nSPS) is 21.3. The van der Waals surface area contributed by atoms with Crippen LogP contribution in [0.2, 0.25) is 0 Å². The molecule has 15 heavy (non-hydrogen) atoms. The topological polar surface area (TPSA) is 41.1 Å². The Morgan fingerprint density at radius 1 is 1.60 bits per heavy atom. The predicted octanol–water partition coefficient (Wildman–Crippen LogP) is 1.25. The lowest BCUT2D eigenvalue weighted by Gasteiger charge is -2.22. The number of thioether (sulfide) groups is 1. The number of carbonyl (C=O) groups excluding carboxylic acids is 1. The molecule has 1 rings (SSSR count). The van der Waals surface area contributed by atoms with Gasteiger partial charge in [0.05, 0.1) is 0 Å². The second kappa shape index (κ2) is 7.99. The van der Waals surface area contributed by atoms with Crippen LogP contribution in [-0.4, -0.2) is 37.6 Å². The Bertz CT molecular complexity index is 181.